The van der Waals surface area contributed by atoms with Crippen LogP contribution in [0.3, 0.4) is 0 Å². The van der Waals surface area contributed by atoms with E-state index in [0.29, 0.717) is 6.04 Å². The maximum absolute atomic E-state index is 4.69. The third kappa shape index (κ3) is 2.27. The van der Waals surface area contributed by atoms with Gasteiger partial charge in [0.25, 0.3) is 0 Å². The van der Waals surface area contributed by atoms with Crippen LogP contribution in [-0.4, -0.2) is 28.0 Å². The van der Waals surface area contributed by atoms with Crippen molar-refractivity contribution in [3.63, 3.8) is 0 Å². The summed E-state index contributed by atoms with van der Waals surface area (Å²) in [6.45, 7) is 5.48. The van der Waals surface area contributed by atoms with Crippen LogP contribution in [0, 0.1) is 13.8 Å². The minimum absolute atomic E-state index is 0.494. The Morgan fingerprint density at radius 3 is 2.55 bits per heavy atom. The molecule has 1 atom stereocenters. The van der Waals surface area contributed by atoms with Crippen molar-refractivity contribution in [3.8, 4) is 5.82 Å². The lowest BCUT2D eigenvalue weighted by molar-refractivity contribution is 0.187. The van der Waals surface area contributed by atoms with Crippen molar-refractivity contribution in [2.75, 3.05) is 13.6 Å². The minimum atomic E-state index is 0.494. The number of nitrogens with zero attached hydrogens (tertiary/aromatic N) is 3. The summed E-state index contributed by atoms with van der Waals surface area (Å²) < 4.78 is 2.28. The fraction of sp³-hybridized carbons (Fsp3) is 0.471. The van der Waals surface area contributed by atoms with E-state index < -0.39 is 0 Å². The quantitative estimate of drug-likeness (QED) is 0.830. The number of piperidine rings is 1. The summed E-state index contributed by atoms with van der Waals surface area (Å²) in [5.74, 6) is 1.10. The monoisotopic (exact) mass is 269 g/mol. The summed E-state index contributed by atoms with van der Waals surface area (Å²) in [7, 11) is 2.23. The second-order valence-electron chi connectivity index (χ2n) is 5.86. The van der Waals surface area contributed by atoms with Gasteiger partial charge in [0.2, 0.25) is 0 Å². The minimum Gasteiger partial charge on any atom is -0.303 e. The average Bonchev–Trinajstić information content (AvgIpc) is 2.79. The summed E-state index contributed by atoms with van der Waals surface area (Å²) >= 11 is 0. The molecule has 0 saturated carbocycles. The smallest absolute Gasteiger partial charge is 0.141 e. The van der Waals surface area contributed by atoms with Crippen molar-refractivity contribution >= 4 is 0 Å². The number of pyridine rings is 1. The molecule has 3 rings (SSSR count). The van der Waals surface area contributed by atoms with Crippen LogP contribution < -0.4 is 0 Å². The Hall–Kier alpha value is -1.61. The van der Waals surface area contributed by atoms with Crippen molar-refractivity contribution < 1.29 is 0 Å². The molecule has 20 heavy (non-hydrogen) atoms. The van der Waals surface area contributed by atoms with E-state index in [4.69, 9.17) is 0 Å². The standard InChI is InChI=1S/C17H23N3/c1-13-9-10-14(2)20(13)17-15(7-6-11-18-17)16-8-4-5-12-19(16)3/h6-7,9-11,16H,4-5,8,12H2,1-3H3/t16-/m1/s1. The van der Waals surface area contributed by atoms with E-state index in [1.54, 1.807) is 0 Å². The van der Waals surface area contributed by atoms with E-state index >= 15 is 0 Å². The van der Waals surface area contributed by atoms with Crippen molar-refractivity contribution in [1.82, 2.24) is 14.5 Å². The van der Waals surface area contributed by atoms with Crippen LogP contribution in [0.4, 0.5) is 0 Å². The first-order valence-corrected chi connectivity index (χ1v) is 7.49. The van der Waals surface area contributed by atoms with Crippen molar-refractivity contribution in [1.29, 1.82) is 0 Å². The summed E-state index contributed by atoms with van der Waals surface area (Å²) in [6, 6.07) is 9.13. The molecule has 0 aromatic carbocycles. The molecule has 3 nitrogen and oxygen atoms in total. The van der Waals surface area contributed by atoms with Crippen molar-refractivity contribution in [3.05, 3.63) is 47.4 Å². The number of hydrogen-bond donors (Lipinski definition) is 0. The second-order valence-corrected chi connectivity index (χ2v) is 5.86. The highest BCUT2D eigenvalue weighted by molar-refractivity contribution is 5.40. The van der Waals surface area contributed by atoms with Crippen molar-refractivity contribution in [2.24, 2.45) is 0 Å². The molecule has 1 fully saturated rings. The number of rotatable bonds is 2. The molecule has 106 valence electrons. The molecule has 0 amide bonds. The van der Waals surface area contributed by atoms with Gasteiger partial charge in [-0.05, 0) is 58.5 Å². The lowest BCUT2D eigenvalue weighted by Crippen LogP contribution is -2.30. The van der Waals surface area contributed by atoms with Gasteiger partial charge in [-0.2, -0.15) is 0 Å². The molecule has 1 saturated heterocycles. The SMILES string of the molecule is Cc1ccc(C)n1-c1ncccc1[C@H]1CCCCN1C. The Morgan fingerprint density at radius 2 is 1.85 bits per heavy atom. The van der Waals surface area contributed by atoms with Crippen LogP contribution >= 0.6 is 0 Å². The van der Waals surface area contributed by atoms with E-state index in [-0.39, 0.29) is 0 Å². The molecule has 2 aromatic rings. The lowest BCUT2D eigenvalue weighted by atomic mass is 9.96. The molecule has 1 aliphatic heterocycles. The first kappa shape index (κ1) is 13.4. The number of hydrogen-bond acceptors (Lipinski definition) is 2. The van der Waals surface area contributed by atoms with Gasteiger partial charge in [-0.25, -0.2) is 4.98 Å². The molecule has 1 aliphatic rings. The zero-order chi connectivity index (χ0) is 14.1. The first-order valence-electron chi connectivity index (χ1n) is 7.49. The summed E-state index contributed by atoms with van der Waals surface area (Å²) in [5.41, 5.74) is 3.86. The van der Waals surface area contributed by atoms with Gasteiger partial charge in [-0.15, -0.1) is 0 Å². The van der Waals surface area contributed by atoms with E-state index in [1.807, 2.05) is 6.20 Å². The highest BCUT2D eigenvalue weighted by Crippen LogP contribution is 2.33. The third-order valence-electron chi connectivity index (χ3n) is 4.43. The van der Waals surface area contributed by atoms with Gasteiger partial charge in [0.15, 0.2) is 0 Å². The van der Waals surface area contributed by atoms with E-state index in [0.717, 1.165) is 5.82 Å². The van der Waals surface area contributed by atoms with Gasteiger partial charge in [0.1, 0.15) is 5.82 Å². The molecule has 0 aliphatic carbocycles. The molecule has 0 spiro atoms. The zero-order valence-electron chi connectivity index (χ0n) is 12.6. The molecule has 0 N–H and O–H groups in total. The molecule has 3 heterocycles. The molecule has 0 unspecified atom stereocenters. The predicted molar refractivity (Wildman–Crippen MR) is 82.3 cm³/mol. The van der Waals surface area contributed by atoms with E-state index in [2.05, 4.69) is 59.6 Å². The largest absolute Gasteiger partial charge is 0.303 e. The number of aromatic nitrogens is 2. The molecule has 0 radical (unpaired) electrons. The average molecular weight is 269 g/mol. The molecule has 0 bridgehead atoms. The predicted octanol–water partition coefficient (Wildman–Crippen LogP) is 3.65. The molecular weight excluding hydrogens is 246 g/mol. The zero-order valence-corrected chi connectivity index (χ0v) is 12.6. The Kier molecular flexibility index (Phi) is 3.62. The lowest BCUT2D eigenvalue weighted by Gasteiger charge is -2.33. The van der Waals surface area contributed by atoms with Gasteiger partial charge < -0.3 is 4.57 Å². The Morgan fingerprint density at radius 1 is 1.10 bits per heavy atom. The molecule has 3 heteroatoms. The number of aryl methyl sites for hydroxylation is 2. The normalized spacial score (nSPS) is 20.2. The van der Waals surface area contributed by atoms with Gasteiger partial charge in [-0.1, -0.05) is 12.5 Å². The summed E-state index contributed by atoms with van der Waals surface area (Å²) in [5, 5.41) is 0. The second kappa shape index (κ2) is 5.41. The maximum Gasteiger partial charge on any atom is 0.141 e. The van der Waals surface area contributed by atoms with Crippen LogP contribution in [0.25, 0.3) is 5.82 Å². The van der Waals surface area contributed by atoms with E-state index in [1.165, 1.54) is 42.8 Å². The third-order valence-corrected chi connectivity index (χ3v) is 4.43. The van der Waals surface area contributed by atoms with Crippen LogP contribution in [-0.2, 0) is 0 Å². The van der Waals surface area contributed by atoms with Crippen LogP contribution in [0.5, 0.6) is 0 Å². The Bertz CT molecular complexity index is 581. The highest BCUT2D eigenvalue weighted by Gasteiger charge is 2.24. The Balaban J connectivity index is 2.09. The fourth-order valence-corrected chi connectivity index (χ4v) is 3.33. The number of likely N-dealkylation sites (tertiary alicyclic amines) is 1. The van der Waals surface area contributed by atoms with Crippen LogP contribution in [0.1, 0.15) is 42.3 Å². The Labute approximate surface area is 121 Å². The molecular formula is C17H23N3. The maximum atomic E-state index is 4.69. The topological polar surface area (TPSA) is 21.1 Å². The van der Waals surface area contributed by atoms with Gasteiger partial charge in [0, 0.05) is 29.2 Å². The van der Waals surface area contributed by atoms with E-state index in [9.17, 15) is 0 Å². The van der Waals surface area contributed by atoms with Gasteiger partial charge >= 0.3 is 0 Å². The van der Waals surface area contributed by atoms with Crippen molar-refractivity contribution in [2.45, 2.75) is 39.2 Å². The van der Waals surface area contributed by atoms with Crippen LogP contribution in [0.15, 0.2) is 30.5 Å². The highest BCUT2D eigenvalue weighted by atomic mass is 15.1. The van der Waals surface area contributed by atoms with Gasteiger partial charge in [0.05, 0.1) is 0 Å². The van der Waals surface area contributed by atoms with Crippen LogP contribution in [0.2, 0.25) is 0 Å². The fourth-order valence-electron chi connectivity index (χ4n) is 3.33. The summed E-state index contributed by atoms with van der Waals surface area (Å²) in [6.07, 6.45) is 5.76. The first-order chi connectivity index (χ1) is 9.68. The summed E-state index contributed by atoms with van der Waals surface area (Å²) in [4.78, 5) is 7.16. The molecule has 2 aromatic heterocycles. The van der Waals surface area contributed by atoms with Gasteiger partial charge in [-0.3, -0.25) is 4.90 Å².